The van der Waals surface area contributed by atoms with E-state index in [2.05, 4.69) is 0 Å². The van der Waals surface area contributed by atoms with Gasteiger partial charge in [-0.1, -0.05) is 35.9 Å². The summed E-state index contributed by atoms with van der Waals surface area (Å²) in [5, 5.41) is 0.271. The summed E-state index contributed by atoms with van der Waals surface area (Å²) < 4.78 is 45.2. The molecule has 2 aromatic carbocycles. The Morgan fingerprint density at radius 3 is 2.57 bits per heavy atom. The molecule has 0 aliphatic carbocycles. The SMILES string of the molecule is FC(F)(F)c1ccccc1-c1c(Cl)ccc2c1OCCC2. The van der Waals surface area contributed by atoms with Crippen LogP contribution >= 0.6 is 11.6 Å². The van der Waals surface area contributed by atoms with Crippen molar-refractivity contribution in [1.29, 1.82) is 0 Å². The lowest BCUT2D eigenvalue weighted by Crippen LogP contribution is -2.11. The van der Waals surface area contributed by atoms with Crippen molar-refractivity contribution in [1.82, 2.24) is 0 Å². The van der Waals surface area contributed by atoms with E-state index in [9.17, 15) is 13.2 Å². The minimum absolute atomic E-state index is 0.0637. The van der Waals surface area contributed by atoms with Gasteiger partial charge in [-0.2, -0.15) is 13.2 Å². The number of halogens is 4. The van der Waals surface area contributed by atoms with Crippen LogP contribution in [0.5, 0.6) is 5.75 Å². The van der Waals surface area contributed by atoms with Gasteiger partial charge in [0.2, 0.25) is 0 Å². The standard InChI is InChI=1S/C16H12ClF3O/c17-13-8-7-10-4-3-9-21-15(10)14(13)11-5-1-2-6-12(11)16(18,19)20/h1-2,5-8H,3-4,9H2. The molecule has 0 amide bonds. The maximum atomic E-state index is 13.2. The van der Waals surface area contributed by atoms with Gasteiger partial charge in [0.05, 0.1) is 17.2 Å². The van der Waals surface area contributed by atoms with Crippen molar-refractivity contribution in [3.8, 4) is 16.9 Å². The molecular formula is C16H12ClF3O. The number of benzene rings is 2. The van der Waals surface area contributed by atoms with Crippen LogP contribution in [0, 0.1) is 0 Å². The summed E-state index contributed by atoms with van der Waals surface area (Å²) in [6.07, 6.45) is -2.79. The Kier molecular flexibility index (Phi) is 3.57. The third kappa shape index (κ3) is 2.60. The lowest BCUT2D eigenvalue weighted by molar-refractivity contribution is -0.137. The predicted octanol–water partition coefficient (Wildman–Crippen LogP) is 5.35. The molecule has 1 aliphatic rings. The van der Waals surface area contributed by atoms with Gasteiger partial charge in [0.25, 0.3) is 0 Å². The maximum absolute atomic E-state index is 13.2. The van der Waals surface area contributed by atoms with Gasteiger partial charge in [-0.25, -0.2) is 0 Å². The van der Waals surface area contributed by atoms with Crippen LogP contribution < -0.4 is 4.74 Å². The Balaban J connectivity index is 2.27. The van der Waals surface area contributed by atoms with Gasteiger partial charge in [0.1, 0.15) is 5.75 Å². The first-order chi connectivity index (χ1) is 9.98. The molecule has 0 N–H and O–H groups in total. The third-order valence-corrected chi connectivity index (χ3v) is 3.84. The normalized spacial score (nSPS) is 14.5. The monoisotopic (exact) mass is 312 g/mol. The zero-order valence-electron chi connectivity index (χ0n) is 11.0. The minimum Gasteiger partial charge on any atom is -0.493 e. The molecule has 1 nitrogen and oxygen atoms in total. The summed E-state index contributed by atoms with van der Waals surface area (Å²) in [7, 11) is 0. The molecule has 0 radical (unpaired) electrons. The second-order valence-electron chi connectivity index (χ2n) is 4.91. The summed E-state index contributed by atoms with van der Waals surface area (Å²) in [5.41, 5.74) is 0.600. The lowest BCUT2D eigenvalue weighted by atomic mass is 9.94. The molecule has 0 bridgehead atoms. The van der Waals surface area contributed by atoms with Crippen LogP contribution in [0.1, 0.15) is 17.5 Å². The molecule has 0 saturated heterocycles. The fraction of sp³-hybridized carbons (Fsp3) is 0.250. The first-order valence-corrected chi connectivity index (χ1v) is 6.97. The van der Waals surface area contributed by atoms with E-state index in [-0.39, 0.29) is 10.6 Å². The number of ether oxygens (including phenoxy) is 1. The van der Waals surface area contributed by atoms with Crippen molar-refractivity contribution < 1.29 is 17.9 Å². The largest absolute Gasteiger partial charge is 0.493 e. The molecule has 3 rings (SSSR count). The van der Waals surface area contributed by atoms with Crippen molar-refractivity contribution in [3.63, 3.8) is 0 Å². The van der Waals surface area contributed by atoms with Crippen molar-refractivity contribution in [2.24, 2.45) is 0 Å². The van der Waals surface area contributed by atoms with E-state index in [4.69, 9.17) is 16.3 Å². The number of hydrogen-bond acceptors (Lipinski definition) is 1. The van der Waals surface area contributed by atoms with E-state index in [1.54, 1.807) is 12.1 Å². The van der Waals surface area contributed by atoms with E-state index in [0.717, 1.165) is 24.5 Å². The average molecular weight is 313 g/mol. The molecule has 110 valence electrons. The summed E-state index contributed by atoms with van der Waals surface area (Å²) in [6, 6.07) is 8.89. The van der Waals surface area contributed by atoms with Crippen molar-refractivity contribution in [2.45, 2.75) is 19.0 Å². The van der Waals surface area contributed by atoms with Crippen LogP contribution in [0.4, 0.5) is 13.2 Å². The first-order valence-electron chi connectivity index (χ1n) is 6.59. The van der Waals surface area contributed by atoms with Gasteiger partial charge >= 0.3 is 6.18 Å². The van der Waals surface area contributed by atoms with Crippen LogP contribution in [-0.4, -0.2) is 6.61 Å². The molecule has 0 unspecified atom stereocenters. The molecule has 2 aromatic rings. The Bertz CT molecular complexity index is 680. The summed E-state index contributed by atoms with van der Waals surface area (Å²) in [5.74, 6) is 0.477. The Hall–Kier alpha value is -1.68. The number of aryl methyl sites for hydroxylation is 1. The molecule has 0 spiro atoms. The molecule has 0 saturated carbocycles. The van der Waals surface area contributed by atoms with Gasteiger partial charge < -0.3 is 4.74 Å². The summed E-state index contributed by atoms with van der Waals surface area (Å²) in [4.78, 5) is 0. The summed E-state index contributed by atoms with van der Waals surface area (Å²) in [6.45, 7) is 0.495. The third-order valence-electron chi connectivity index (χ3n) is 3.53. The molecule has 1 heterocycles. The molecule has 1 aliphatic heterocycles. The molecule has 0 aromatic heterocycles. The highest BCUT2D eigenvalue weighted by Crippen LogP contribution is 2.45. The minimum atomic E-state index is -4.43. The zero-order valence-corrected chi connectivity index (χ0v) is 11.8. The van der Waals surface area contributed by atoms with E-state index in [1.165, 1.54) is 12.1 Å². The topological polar surface area (TPSA) is 9.23 Å². The highest BCUT2D eigenvalue weighted by molar-refractivity contribution is 6.33. The number of alkyl halides is 3. The molecule has 0 atom stereocenters. The fourth-order valence-electron chi connectivity index (χ4n) is 2.60. The van der Waals surface area contributed by atoms with E-state index >= 15 is 0 Å². The van der Waals surface area contributed by atoms with E-state index in [1.807, 2.05) is 6.07 Å². The second kappa shape index (κ2) is 5.26. The number of rotatable bonds is 1. The Morgan fingerprint density at radius 2 is 1.81 bits per heavy atom. The van der Waals surface area contributed by atoms with Crippen LogP contribution in [0.25, 0.3) is 11.1 Å². The predicted molar refractivity (Wildman–Crippen MR) is 75.7 cm³/mol. The quantitative estimate of drug-likeness (QED) is 0.689. The fourth-order valence-corrected chi connectivity index (χ4v) is 2.85. The Labute approximate surface area is 125 Å². The van der Waals surface area contributed by atoms with Gasteiger partial charge in [-0.15, -0.1) is 0 Å². The van der Waals surface area contributed by atoms with E-state index in [0.29, 0.717) is 17.9 Å². The average Bonchev–Trinajstić information content (AvgIpc) is 2.46. The van der Waals surface area contributed by atoms with Crippen LogP contribution in [0.2, 0.25) is 5.02 Å². The highest BCUT2D eigenvalue weighted by atomic mass is 35.5. The van der Waals surface area contributed by atoms with Crippen molar-refractivity contribution >= 4 is 11.6 Å². The van der Waals surface area contributed by atoms with Gasteiger partial charge in [-0.3, -0.25) is 0 Å². The van der Waals surface area contributed by atoms with Gasteiger partial charge in [0.15, 0.2) is 0 Å². The molecule has 5 heteroatoms. The number of hydrogen-bond donors (Lipinski definition) is 0. The second-order valence-corrected chi connectivity index (χ2v) is 5.31. The molecule has 21 heavy (non-hydrogen) atoms. The lowest BCUT2D eigenvalue weighted by Gasteiger charge is -2.23. The van der Waals surface area contributed by atoms with Crippen LogP contribution in [0.3, 0.4) is 0 Å². The van der Waals surface area contributed by atoms with Crippen LogP contribution in [0.15, 0.2) is 36.4 Å². The van der Waals surface area contributed by atoms with Gasteiger partial charge in [-0.05, 0) is 36.1 Å². The zero-order chi connectivity index (χ0) is 15.0. The first kappa shape index (κ1) is 14.3. The number of fused-ring (bicyclic) bond motifs is 1. The maximum Gasteiger partial charge on any atom is 0.417 e. The highest BCUT2D eigenvalue weighted by Gasteiger charge is 2.35. The van der Waals surface area contributed by atoms with Gasteiger partial charge in [0, 0.05) is 5.56 Å². The Morgan fingerprint density at radius 1 is 1.05 bits per heavy atom. The van der Waals surface area contributed by atoms with Crippen molar-refractivity contribution in [3.05, 3.63) is 52.5 Å². The molecular weight excluding hydrogens is 301 g/mol. The van der Waals surface area contributed by atoms with E-state index < -0.39 is 11.7 Å². The van der Waals surface area contributed by atoms with Crippen molar-refractivity contribution in [2.75, 3.05) is 6.61 Å². The summed E-state index contributed by atoms with van der Waals surface area (Å²) >= 11 is 6.17. The molecule has 0 fully saturated rings. The van der Waals surface area contributed by atoms with Crippen LogP contribution in [-0.2, 0) is 12.6 Å². The smallest absolute Gasteiger partial charge is 0.417 e.